The van der Waals surface area contributed by atoms with Crippen molar-refractivity contribution in [2.75, 3.05) is 6.61 Å². The van der Waals surface area contributed by atoms with E-state index in [9.17, 15) is 14.0 Å². The van der Waals surface area contributed by atoms with Crippen LogP contribution in [-0.4, -0.2) is 35.6 Å². The molecule has 0 radical (unpaired) electrons. The number of aromatic nitrogens is 1. The molecule has 1 aromatic heterocycles. The second-order valence-electron chi connectivity index (χ2n) is 6.45. The number of fused-ring (bicyclic) bond motifs is 1. The first-order valence-electron chi connectivity index (χ1n) is 8.36. The van der Waals surface area contributed by atoms with Crippen LogP contribution in [0.2, 0.25) is 0 Å². The van der Waals surface area contributed by atoms with Gasteiger partial charge in [0, 0.05) is 11.8 Å². The van der Waals surface area contributed by atoms with E-state index in [0.29, 0.717) is 18.2 Å². The van der Waals surface area contributed by atoms with Crippen molar-refractivity contribution in [2.45, 2.75) is 38.8 Å². The monoisotopic (exact) mass is 361 g/mol. The van der Waals surface area contributed by atoms with Gasteiger partial charge >= 0.3 is 0 Å². The Labute approximate surface area is 149 Å². The van der Waals surface area contributed by atoms with Crippen LogP contribution in [0.1, 0.15) is 37.0 Å². The number of rotatable bonds is 6. The highest BCUT2D eigenvalue weighted by molar-refractivity contribution is 6.01. The quantitative estimate of drug-likeness (QED) is 0.818. The number of carbonyl (C=O) groups is 2. The van der Waals surface area contributed by atoms with Gasteiger partial charge in [-0.25, -0.2) is 9.37 Å². The van der Waals surface area contributed by atoms with Gasteiger partial charge in [0.15, 0.2) is 0 Å². The molecule has 1 aromatic carbocycles. The van der Waals surface area contributed by atoms with E-state index >= 15 is 0 Å². The van der Waals surface area contributed by atoms with Crippen molar-refractivity contribution in [3.05, 3.63) is 29.7 Å². The summed E-state index contributed by atoms with van der Waals surface area (Å²) in [5.41, 5.74) is 5.48. The lowest BCUT2D eigenvalue weighted by Crippen LogP contribution is -2.31. The van der Waals surface area contributed by atoms with Gasteiger partial charge in [0.1, 0.15) is 18.2 Å². The predicted molar refractivity (Wildman–Crippen MR) is 92.6 cm³/mol. The maximum Gasteiger partial charge on any atom is 0.252 e. The lowest BCUT2D eigenvalue weighted by atomic mass is 10.1. The number of halogens is 1. The summed E-state index contributed by atoms with van der Waals surface area (Å²) in [6, 6.07) is 2.74. The van der Waals surface area contributed by atoms with Gasteiger partial charge in [0.2, 0.25) is 11.8 Å². The fourth-order valence-corrected chi connectivity index (χ4v) is 2.85. The lowest BCUT2D eigenvalue weighted by Gasteiger charge is -2.16. The van der Waals surface area contributed by atoms with Gasteiger partial charge in [0.25, 0.3) is 5.91 Å². The molecule has 7 nitrogen and oxygen atoms in total. The summed E-state index contributed by atoms with van der Waals surface area (Å²) in [7, 11) is 0. The van der Waals surface area contributed by atoms with Gasteiger partial charge in [-0.15, -0.1) is 0 Å². The molecule has 0 bridgehead atoms. The maximum atomic E-state index is 14.2. The number of nitrogens with one attached hydrogen (secondary N) is 1. The van der Waals surface area contributed by atoms with E-state index in [1.54, 1.807) is 13.8 Å². The topological polar surface area (TPSA) is 104 Å². The van der Waals surface area contributed by atoms with Crippen molar-refractivity contribution >= 4 is 22.6 Å². The molecule has 3 rings (SSSR count). The van der Waals surface area contributed by atoms with Gasteiger partial charge in [-0.05, 0) is 32.4 Å². The van der Waals surface area contributed by atoms with E-state index in [0.717, 1.165) is 6.20 Å². The second kappa shape index (κ2) is 7.15. The summed E-state index contributed by atoms with van der Waals surface area (Å²) in [5, 5.41) is 3.33. The number of ether oxygens (including phenoxy) is 2. The minimum atomic E-state index is -0.713. The smallest absolute Gasteiger partial charge is 0.252 e. The minimum absolute atomic E-state index is 0.0192. The predicted octanol–water partition coefficient (Wildman–Crippen LogP) is 1.92. The van der Waals surface area contributed by atoms with Crippen LogP contribution in [0.25, 0.3) is 10.8 Å². The summed E-state index contributed by atoms with van der Waals surface area (Å²) < 4.78 is 25.6. The zero-order chi connectivity index (χ0) is 18.8. The molecule has 8 heteroatoms. The zero-order valence-corrected chi connectivity index (χ0v) is 14.5. The molecule has 0 aliphatic carbocycles. The molecule has 2 amide bonds. The number of hydrogen-bond donors (Lipinski definition) is 2. The number of primary amides is 1. The van der Waals surface area contributed by atoms with E-state index in [-0.39, 0.29) is 47.2 Å². The maximum absolute atomic E-state index is 14.2. The molecule has 0 unspecified atom stereocenters. The molecular formula is C18H20FN3O4. The number of pyridine rings is 1. The highest BCUT2D eigenvalue weighted by atomic mass is 19.1. The zero-order valence-electron chi connectivity index (χ0n) is 14.5. The summed E-state index contributed by atoms with van der Waals surface area (Å²) >= 11 is 0. The van der Waals surface area contributed by atoms with Crippen LogP contribution in [0.3, 0.4) is 0 Å². The average Bonchev–Trinajstić information content (AvgIpc) is 2.98. The van der Waals surface area contributed by atoms with Crippen LogP contribution in [0.4, 0.5) is 4.39 Å². The molecule has 1 saturated heterocycles. The third-order valence-corrected chi connectivity index (χ3v) is 4.04. The number of carbonyl (C=O) groups excluding carboxylic acids is 2. The van der Waals surface area contributed by atoms with Crippen molar-refractivity contribution in [3.63, 3.8) is 0 Å². The highest BCUT2D eigenvalue weighted by Gasteiger charge is 2.23. The molecule has 26 heavy (non-hydrogen) atoms. The van der Waals surface area contributed by atoms with Crippen LogP contribution in [-0.2, 0) is 4.79 Å². The normalized spacial score (nSPS) is 16.8. The van der Waals surface area contributed by atoms with E-state index in [1.807, 2.05) is 0 Å². The van der Waals surface area contributed by atoms with Crippen LogP contribution >= 0.6 is 0 Å². The molecule has 1 atom stereocenters. The first-order valence-corrected chi connectivity index (χ1v) is 8.36. The number of hydrogen-bond acceptors (Lipinski definition) is 5. The van der Waals surface area contributed by atoms with Gasteiger partial charge in [-0.2, -0.15) is 0 Å². The molecule has 0 spiro atoms. The van der Waals surface area contributed by atoms with E-state index in [2.05, 4.69) is 10.3 Å². The summed E-state index contributed by atoms with van der Waals surface area (Å²) in [5.74, 6) is -0.886. The number of nitrogens with two attached hydrogens (primary N) is 1. The van der Waals surface area contributed by atoms with E-state index in [4.69, 9.17) is 15.2 Å². The van der Waals surface area contributed by atoms with Gasteiger partial charge < -0.3 is 20.5 Å². The lowest BCUT2D eigenvalue weighted by molar-refractivity contribution is -0.119. The van der Waals surface area contributed by atoms with Crippen molar-refractivity contribution in [2.24, 2.45) is 5.73 Å². The molecule has 138 valence electrons. The number of nitrogens with zero attached hydrogens (tertiary/aromatic N) is 1. The van der Waals surface area contributed by atoms with Crippen LogP contribution < -0.4 is 20.5 Å². The van der Waals surface area contributed by atoms with Crippen LogP contribution in [0, 0.1) is 5.82 Å². The molecule has 1 aliphatic heterocycles. The Morgan fingerprint density at radius 2 is 2.19 bits per heavy atom. The number of amides is 2. The van der Waals surface area contributed by atoms with Crippen molar-refractivity contribution in [1.82, 2.24) is 10.3 Å². The van der Waals surface area contributed by atoms with Crippen LogP contribution in [0.15, 0.2) is 18.3 Å². The van der Waals surface area contributed by atoms with Gasteiger partial charge in [0.05, 0.1) is 29.3 Å². The first kappa shape index (κ1) is 17.9. The summed E-state index contributed by atoms with van der Waals surface area (Å²) in [4.78, 5) is 27.0. The Hall–Kier alpha value is -2.90. The fourth-order valence-electron chi connectivity index (χ4n) is 2.85. The number of benzene rings is 1. The molecule has 2 heterocycles. The van der Waals surface area contributed by atoms with Gasteiger partial charge in [-0.1, -0.05) is 0 Å². The van der Waals surface area contributed by atoms with Crippen LogP contribution in [0.5, 0.6) is 11.6 Å². The largest absolute Gasteiger partial charge is 0.490 e. The molecule has 3 N–H and O–H groups in total. The molecule has 0 saturated carbocycles. The molecule has 2 aromatic rings. The standard InChI is InChI=1S/C18H20FN3O4/c1-9(2)26-15-6-12-11(5-13(15)17(20)24)14(19)7-21-18(12)25-8-10-3-4-16(23)22-10/h5-7,9-10H,3-4,8H2,1-2H3,(H2,20,24)(H,22,23)/t10-/m0/s1. The Balaban J connectivity index is 1.99. The Kier molecular flexibility index (Phi) is 4.92. The summed E-state index contributed by atoms with van der Waals surface area (Å²) in [6.45, 7) is 3.83. The molecular weight excluding hydrogens is 341 g/mol. The second-order valence-corrected chi connectivity index (χ2v) is 6.45. The first-order chi connectivity index (χ1) is 12.3. The molecule has 1 aliphatic rings. The SMILES string of the molecule is CC(C)Oc1cc2c(OC[C@@H]3CCC(=O)N3)ncc(F)c2cc1C(N)=O. The van der Waals surface area contributed by atoms with E-state index < -0.39 is 11.7 Å². The Morgan fingerprint density at radius 1 is 1.42 bits per heavy atom. The Morgan fingerprint density at radius 3 is 2.81 bits per heavy atom. The molecule has 1 fully saturated rings. The van der Waals surface area contributed by atoms with Crippen molar-refractivity contribution in [3.8, 4) is 11.6 Å². The fraction of sp³-hybridized carbons (Fsp3) is 0.389. The van der Waals surface area contributed by atoms with Gasteiger partial charge in [-0.3, -0.25) is 9.59 Å². The minimum Gasteiger partial charge on any atom is -0.490 e. The van der Waals surface area contributed by atoms with Crippen molar-refractivity contribution in [1.29, 1.82) is 0 Å². The third kappa shape index (κ3) is 3.68. The third-order valence-electron chi connectivity index (χ3n) is 4.04. The highest BCUT2D eigenvalue weighted by Crippen LogP contribution is 2.33. The van der Waals surface area contributed by atoms with E-state index in [1.165, 1.54) is 12.1 Å². The van der Waals surface area contributed by atoms with Crippen molar-refractivity contribution < 1.29 is 23.5 Å². The summed E-state index contributed by atoms with van der Waals surface area (Å²) in [6.07, 6.45) is 1.95. The Bertz CT molecular complexity index is 869. The average molecular weight is 361 g/mol.